The van der Waals surface area contributed by atoms with E-state index < -0.39 is 0 Å². The molecule has 0 saturated heterocycles. The van der Waals surface area contributed by atoms with Crippen LogP contribution in [0.1, 0.15) is 28.1 Å². The van der Waals surface area contributed by atoms with Crippen LogP contribution in [0.5, 0.6) is 0 Å². The summed E-state index contributed by atoms with van der Waals surface area (Å²) in [5.74, 6) is 1.99. The first-order valence-electron chi connectivity index (χ1n) is 7.23. The number of hydrogen-bond donors (Lipinski definition) is 0. The molecule has 1 aromatic carbocycles. The van der Waals surface area contributed by atoms with Gasteiger partial charge in [0.05, 0.1) is 29.6 Å². The lowest BCUT2D eigenvalue weighted by Gasteiger charge is -2.16. The second-order valence-electron chi connectivity index (χ2n) is 5.35. The van der Waals surface area contributed by atoms with Gasteiger partial charge in [-0.15, -0.1) is 11.8 Å². The molecule has 0 aliphatic carbocycles. The molecule has 2 rings (SSSR count). The molecule has 0 radical (unpaired) electrons. The van der Waals surface area contributed by atoms with Crippen molar-refractivity contribution in [2.45, 2.75) is 26.1 Å². The minimum atomic E-state index is 0.0728. The first-order chi connectivity index (χ1) is 11.0. The summed E-state index contributed by atoms with van der Waals surface area (Å²) >= 11 is 1.56. The zero-order valence-electron chi connectivity index (χ0n) is 13.5. The molecule has 0 aliphatic heterocycles. The van der Waals surface area contributed by atoms with Gasteiger partial charge in [-0.3, -0.25) is 4.79 Å². The number of amides is 1. The Morgan fingerprint density at radius 3 is 2.61 bits per heavy atom. The van der Waals surface area contributed by atoms with Crippen LogP contribution in [-0.2, 0) is 17.1 Å². The highest BCUT2D eigenvalue weighted by Gasteiger charge is 2.15. The summed E-state index contributed by atoms with van der Waals surface area (Å²) in [4.78, 5) is 13.9. The molecule has 0 spiro atoms. The van der Waals surface area contributed by atoms with Gasteiger partial charge in [-0.05, 0) is 31.5 Å². The van der Waals surface area contributed by atoms with Crippen LogP contribution < -0.4 is 0 Å². The largest absolute Gasteiger partial charge is 0.361 e. The Morgan fingerprint density at radius 2 is 2.04 bits per heavy atom. The minimum Gasteiger partial charge on any atom is -0.361 e. The van der Waals surface area contributed by atoms with Crippen LogP contribution >= 0.6 is 11.8 Å². The standard InChI is InChI=1S/C17H19N3O2S/c1-12-16(13(2)22-19-12)9-20(3)17(21)11-23-10-15-6-4-14(8-18)5-7-15/h4-7H,9-11H2,1-3H3. The van der Waals surface area contributed by atoms with E-state index in [9.17, 15) is 4.79 Å². The van der Waals surface area contributed by atoms with Crippen molar-refractivity contribution in [2.24, 2.45) is 0 Å². The molecule has 0 saturated carbocycles. The van der Waals surface area contributed by atoms with Crippen molar-refractivity contribution in [3.63, 3.8) is 0 Å². The van der Waals surface area contributed by atoms with Gasteiger partial charge in [-0.25, -0.2) is 0 Å². The number of thioether (sulfide) groups is 1. The zero-order valence-corrected chi connectivity index (χ0v) is 14.3. The van der Waals surface area contributed by atoms with E-state index >= 15 is 0 Å². The highest BCUT2D eigenvalue weighted by atomic mass is 32.2. The lowest BCUT2D eigenvalue weighted by atomic mass is 10.2. The van der Waals surface area contributed by atoms with Crippen LogP contribution in [-0.4, -0.2) is 28.8 Å². The number of nitrogens with zero attached hydrogens (tertiary/aromatic N) is 3. The maximum atomic E-state index is 12.2. The molecule has 0 aliphatic rings. The highest BCUT2D eigenvalue weighted by Crippen LogP contribution is 2.16. The van der Waals surface area contributed by atoms with Crippen LogP contribution in [0.15, 0.2) is 28.8 Å². The number of nitriles is 1. The van der Waals surface area contributed by atoms with E-state index in [1.807, 2.05) is 26.0 Å². The molecular formula is C17H19N3O2S. The third kappa shape index (κ3) is 4.60. The van der Waals surface area contributed by atoms with Crippen molar-refractivity contribution < 1.29 is 9.32 Å². The van der Waals surface area contributed by atoms with Crippen molar-refractivity contribution in [1.29, 1.82) is 5.26 Å². The molecule has 1 aromatic heterocycles. The minimum absolute atomic E-state index is 0.0728. The Hall–Kier alpha value is -2.26. The van der Waals surface area contributed by atoms with Gasteiger partial charge < -0.3 is 9.42 Å². The van der Waals surface area contributed by atoms with Gasteiger partial charge in [-0.1, -0.05) is 17.3 Å². The smallest absolute Gasteiger partial charge is 0.232 e. The van der Waals surface area contributed by atoms with Gasteiger partial charge in [0.1, 0.15) is 5.76 Å². The van der Waals surface area contributed by atoms with Gasteiger partial charge in [0.15, 0.2) is 0 Å². The van der Waals surface area contributed by atoms with Crippen LogP contribution in [0.4, 0.5) is 0 Å². The molecule has 120 valence electrons. The molecule has 0 atom stereocenters. The molecular weight excluding hydrogens is 310 g/mol. The monoisotopic (exact) mass is 329 g/mol. The van der Waals surface area contributed by atoms with E-state index in [0.717, 1.165) is 28.3 Å². The molecule has 0 fully saturated rings. The first kappa shape index (κ1) is 17.1. The van der Waals surface area contributed by atoms with Crippen LogP contribution in [0, 0.1) is 25.2 Å². The van der Waals surface area contributed by atoms with Crippen LogP contribution in [0.3, 0.4) is 0 Å². The maximum Gasteiger partial charge on any atom is 0.232 e. The van der Waals surface area contributed by atoms with E-state index in [0.29, 0.717) is 17.9 Å². The average Bonchev–Trinajstić information content (AvgIpc) is 2.87. The first-order valence-corrected chi connectivity index (χ1v) is 8.39. The number of hydrogen-bond acceptors (Lipinski definition) is 5. The Balaban J connectivity index is 1.81. The molecule has 23 heavy (non-hydrogen) atoms. The normalized spacial score (nSPS) is 10.3. The van der Waals surface area contributed by atoms with E-state index in [2.05, 4.69) is 11.2 Å². The maximum absolute atomic E-state index is 12.2. The summed E-state index contributed by atoms with van der Waals surface area (Å²) in [6.45, 7) is 4.24. The summed E-state index contributed by atoms with van der Waals surface area (Å²) in [5.41, 5.74) is 3.55. The lowest BCUT2D eigenvalue weighted by Crippen LogP contribution is -2.28. The molecule has 6 heteroatoms. The van der Waals surface area contributed by atoms with Gasteiger partial charge >= 0.3 is 0 Å². The highest BCUT2D eigenvalue weighted by molar-refractivity contribution is 7.99. The predicted octanol–water partition coefficient (Wildman–Crippen LogP) is 3.05. The SMILES string of the molecule is Cc1noc(C)c1CN(C)C(=O)CSCc1ccc(C#N)cc1. The van der Waals surface area contributed by atoms with E-state index in [4.69, 9.17) is 9.78 Å². The summed E-state index contributed by atoms with van der Waals surface area (Å²) in [6.07, 6.45) is 0. The number of carbonyl (C=O) groups excluding carboxylic acids is 1. The second kappa shape index (κ2) is 7.84. The number of aryl methyl sites for hydroxylation is 2. The van der Waals surface area contributed by atoms with Crippen molar-refractivity contribution >= 4 is 17.7 Å². The molecule has 0 unspecified atom stereocenters. The van der Waals surface area contributed by atoms with Gasteiger partial charge in [0, 0.05) is 18.4 Å². The molecule has 0 bridgehead atoms. The summed E-state index contributed by atoms with van der Waals surface area (Å²) in [6, 6.07) is 9.52. The van der Waals surface area contributed by atoms with Crippen molar-refractivity contribution in [1.82, 2.24) is 10.1 Å². The fraction of sp³-hybridized carbons (Fsp3) is 0.353. The number of rotatable bonds is 6. The average molecular weight is 329 g/mol. The fourth-order valence-corrected chi connectivity index (χ4v) is 3.02. The van der Waals surface area contributed by atoms with Crippen molar-refractivity contribution in [3.05, 3.63) is 52.4 Å². The molecule has 2 aromatic rings. The topological polar surface area (TPSA) is 70.1 Å². The van der Waals surface area contributed by atoms with Crippen LogP contribution in [0.25, 0.3) is 0 Å². The third-order valence-corrected chi connectivity index (χ3v) is 4.57. The Kier molecular flexibility index (Phi) is 5.83. The fourth-order valence-electron chi connectivity index (χ4n) is 2.09. The molecule has 5 nitrogen and oxygen atoms in total. The molecule has 1 amide bonds. The van der Waals surface area contributed by atoms with E-state index in [-0.39, 0.29) is 5.91 Å². The summed E-state index contributed by atoms with van der Waals surface area (Å²) < 4.78 is 5.12. The van der Waals surface area contributed by atoms with E-state index in [1.165, 1.54) is 0 Å². The molecule has 1 heterocycles. The molecule has 0 N–H and O–H groups in total. The van der Waals surface area contributed by atoms with E-state index in [1.54, 1.807) is 35.8 Å². The summed E-state index contributed by atoms with van der Waals surface area (Å²) in [7, 11) is 1.79. The Morgan fingerprint density at radius 1 is 1.35 bits per heavy atom. The number of aromatic nitrogens is 1. The number of benzene rings is 1. The third-order valence-electron chi connectivity index (χ3n) is 3.58. The Labute approximate surface area is 140 Å². The second-order valence-corrected chi connectivity index (χ2v) is 6.34. The van der Waals surface area contributed by atoms with Crippen LogP contribution in [0.2, 0.25) is 0 Å². The summed E-state index contributed by atoms with van der Waals surface area (Å²) in [5, 5.41) is 12.7. The number of carbonyl (C=O) groups is 1. The lowest BCUT2D eigenvalue weighted by molar-refractivity contribution is -0.127. The van der Waals surface area contributed by atoms with Gasteiger partial charge in [0.25, 0.3) is 0 Å². The predicted molar refractivity (Wildman–Crippen MR) is 89.8 cm³/mol. The zero-order chi connectivity index (χ0) is 16.8. The van der Waals surface area contributed by atoms with Gasteiger partial charge in [-0.2, -0.15) is 5.26 Å². The van der Waals surface area contributed by atoms with Crippen molar-refractivity contribution in [3.8, 4) is 6.07 Å². The quantitative estimate of drug-likeness (QED) is 0.814. The van der Waals surface area contributed by atoms with Crippen molar-refractivity contribution in [2.75, 3.05) is 12.8 Å². The Bertz CT molecular complexity index is 697. The van der Waals surface area contributed by atoms with Gasteiger partial charge in [0.2, 0.25) is 5.91 Å².